The van der Waals surface area contributed by atoms with Gasteiger partial charge in [-0.1, -0.05) is 48.9 Å². The first-order valence-corrected chi connectivity index (χ1v) is 8.76. The molecule has 0 aliphatic heterocycles. The predicted octanol–water partition coefficient (Wildman–Crippen LogP) is 4.36. The van der Waals surface area contributed by atoms with E-state index in [0.29, 0.717) is 23.4 Å². The fourth-order valence-corrected chi connectivity index (χ4v) is 4.76. The van der Waals surface area contributed by atoms with Crippen molar-refractivity contribution in [3.05, 3.63) is 70.3 Å². The lowest BCUT2D eigenvalue weighted by molar-refractivity contribution is -0.383. The van der Waals surface area contributed by atoms with Crippen LogP contribution in [-0.2, 0) is 4.79 Å². The fraction of sp³-hybridized carbons (Fsp3) is 0.350. The Morgan fingerprint density at radius 2 is 1.64 bits per heavy atom. The fourth-order valence-electron chi connectivity index (χ4n) is 4.76. The van der Waals surface area contributed by atoms with Gasteiger partial charge < -0.3 is 5.32 Å². The molecule has 0 spiro atoms. The Labute approximate surface area is 146 Å². The number of benzene rings is 2. The van der Waals surface area contributed by atoms with Gasteiger partial charge >= 0.3 is 0 Å². The van der Waals surface area contributed by atoms with Crippen molar-refractivity contribution in [2.45, 2.75) is 25.2 Å². The smallest absolute Gasteiger partial charge is 0.292 e. The lowest BCUT2D eigenvalue weighted by atomic mass is 9.48. The van der Waals surface area contributed by atoms with Crippen LogP contribution in [0.25, 0.3) is 0 Å². The van der Waals surface area contributed by atoms with E-state index in [-0.39, 0.29) is 17.5 Å². The van der Waals surface area contributed by atoms with E-state index in [9.17, 15) is 14.9 Å². The Morgan fingerprint density at radius 3 is 2.32 bits per heavy atom. The van der Waals surface area contributed by atoms with E-state index in [0.717, 1.165) is 19.3 Å². The molecule has 5 nitrogen and oxygen atoms in total. The molecule has 2 aliphatic rings. The van der Waals surface area contributed by atoms with Gasteiger partial charge in [-0.25, -0.2) is 0 Å². The number of anilines is 1. The van der Waals surface area contributed by atoms with E-state index >= 15 is 0 Å². The van der Waals surface area contributed by atoms with Crippen molar-refractivity contribution < 1.29 is 9.72 Å². The summed E-state index contributed by atoms with van der Waals surface area (Å²) >= 11 is 0. The highest BCUT2D eigenvalue weighted by Gasteiger charge is 2.55. The maximum Gasteiger partial charge on any atom is 0.292 e. The second-order valence-electron chi connectivity index (χ2n) is 6.98. The quantitative estimate of drug-likeness (QED) is 0.666. The van der Waals surface area contributed by atoms with E-state index in [4.69, 9.17) is 0 Å². The molecule has 25 heavy (non-hydrogen) atoms. The number of amides is 1. The predicted molar refractivity (Wildman–Crippen MR) is 95.2 cm³/mol. The van der Waals surface area contributed by atoms with Crippen molar-refractivity contribution in [3.8, 4) is 0 Å². The molecule has 2 aromatic rings. The number of nitrogens with one attached hydrogen (secondary N) is 1. The number of fused-ring (bicyclic) bond motifs is 2. The first kappa shape index (κ1) is 15.8. The first-order valence-electron chi connectivity index (χ1n) is 8.76. The number of carbonyl (C=O) groups is 1. The van der Waals surface area contributed by atoms with Gasteiger partial charge in [0.2, 0.25) is 5.91 Å². The summed E-state index contributed by atoms with van der Waals surface area (Å²) in [6.45, 7) is 0. The van der Waals surface area contributed by atoms with Crippen LogP contribution in [-0.4, -0.2) is 10.8 Å². The van der Waals surface area contributed by atoms with Gasteiger partial charge in [-0.2, -0.15) is 0 Å². The Morgan fingerprint density at radius 1 is 1.00 bits per heavy atom. The summed E-state index contributed by atoms with van der Waals surface area (Å²) in [6, 6.07) is 16.7. The lowest BCUT2D eigenvalue weighted by Gasteiger charge is -2.55. The molecule has 2 atom stereocenters. The van der Waals surface area contributed by atoms with E-state index in [2.05, 4.69) is 17.4 Å². The van der Waals surface area contributed by atoms with Crippen molar-refractivity contribution in [3.63, 3.8) is 0 Å². The van der Waals surface area contributed by atoms with Crippen LogP contribution in [0.4, 0.5) is 11.4 Å². The van der Waals surface area contributed by atoms with Gasteiger partial charge in [0.25, 0.3) is 5.69 Å². The van der Waals surface area contributed by atoms with Gasteiger partial charge in [0, 0.05) is 12.0 Å². The summed E-state index contributed by atoms with van der Waals surface area (Å²) in [4.78, 5) is 23.5. The molecule has 2 bridgehead atoms. The van der Waals surface area contributed by atoms with Gasteiger partial charge in [0.15, 0.2) is 0 Å². The van der Waals surface area contributed by atoms with E-state index in [1.807, 2.05) is 18.2 Å². The molecule has 2 aromatic carbocycles. The highest BCUT2D eigenvalue weighted by molar-refractivity contribution is 5.96. The van der Waals surface area contributed by atoms with Crippen LogP contribution in [0, 0.1) is 27.9 Å². The molecule has 2 aliphatic carbocycles. The second kappa shape index (κ2) is 6.31. The first-order chi connectivity index (χ1) is 12.2. The molecule has 128 valence electrons. The van der Waals surface area contributed by atoms with Crippen molar-refractivity contribution in [1.82, 2.24) is 0 Å². The molecule has 0 saturated heterocycles. The summed E-state index contributed by atoms with van der Waals surface area (Å²) in [5.74, 6) is 0.999. The molecule has 5 heteroatoms. The van der Waals surface area contributed by atoms with Crippen LogP contribution >= 0.6 is 0 Å². The summed E-state index contributed by atoms with van der Waals surface area (Å²) < 4.78 is 0. The molecule has 1 N–H and O–H groups in total. The highest BCUT2D eigenvalue weighted by atomic mass is 16.6. The summed E-state index contributed by atoms with van der Waals surface area (Å²) in [6.07, 6.45) is 3.25. The standard InChI is InChI=1S/C20H20N2O3/c23-20(21-16-11-4-5-12-17(16)22(24)25)19-14-9-6-10-15(19)18(14)13-7-2-1-3-8-13/h1-5,7-8,11-12,14-15,18-19H,6,9-10H2,(H,21,23). The van der Waals surface area contributed by atoms with E-state index in [1.165, 1.54) is 11.6 Å². The maximum atomic E-state index is 12.8. The molecule has 2 fully saturated rings. The van der Waals surface area contributed by atoms with Gasteiger partial charge in [0.05, 0.1) is 4.92 Å². The topological polar surface area (TPSA) is 72.2 Å². The molecule has 1 amide bonds. The molecule has 2 saturated carbocycles. The zero-order valence-corrected chi connectivity index (χ0v) is 13.8. The number of nitro benzene ring substituents is 1. The second-order valence-corrected chi connectivity index (χ2v) is 6.98. The Balaban J connectivity index is 1.54. The van der Waals surface area contributed by atoms with Crippen molar-refractivity contribution in [2.24, 2.45) is 17.8 Å². The number of hydrogen-bond donors (Lipinski definition) is 1. The van der Waals surface area contributed by atoms with E-state index in [1.54, 1.807) is 18.2 Å². The number of hydrogen-bond acceptors (Lipinski definition) is 3. The molecular weight excluding hydrogens is 316 g/mol. The van der Waals surface area contributed by atoms with Crippen molar-refractivity contribution >= 4 is 17.3 Å². The van der Waals surface area contributed by atoms with Crippen molar-refractivity contribution in [2.75, 3.05) is 5.32 Å². The Hall–Kier alpha value is -2.69. The van der Waals surface area contributed by atoms with Crippen LogP contribution in [0.5, 0.6) is 0 Å². The minimum Gasteiger partial charge on any atom is -0.320 e. The normalized spacial score (nSPS) is 27.2. The lowest BCUT2D eigenvalue weighted by Crippen LogP contribution is -2.53. The minimum atomic E-state index is -0.454. The number of para-hydroxylation sites is 2. The van der Waals surface area contributed by atoms with Crippen LogP contribution in [0.1, 0.15) is 30.7 Å². The molecular formula is C20H20N2O3. The third kappa shape index (κ3) is 2.69. The van der Waals surface area contributed by atoms with E-state index < -0.39 is 4.92 Å². The van der Waals surface area contributed by atoms with Crippen LogP contribution in [0.2, 0.25) is 0 Å². The molecule has 0 heterocycles. The largest absolute Gasteiger partial charge is 0.320 e. The summed E-state index contributed by atoms with van der Waals surface area (Å²) in [5, 5.41) is 14.0. The maximum absolute atomic E-state index is 12.8. The third-order valence-electron chi connectivity index (χ3n) is 5.77. The summed E-state index contributed by atoms with van der Waals surface area (Å²) in [5.41, 5.74) is 1.55. The highest BCUT2D eigenvalue weighted by Crippen LogP contribution is 2.60. The average Bonchev–Trinajstić information content (AvgIpc) is 2.63. The summed E-state index contributed by atoms with van der Waals surface area (Å²) in [7, 11) is 0. The molecule has 4 rings (SSSR count). The SMILES string of the molecule is O=C(Nc1ccccc1[N+](=O)[O-])C1C2CCCC1C2c1ccccc1. The van der Waals surface area contributed by atoms with Crippen LogP contribution in [0.15, 0.2) is 54.6 Å². The van der Waals surface area contributed by atoms with Gasteiger partial charge in [0.1, 0.15) is 5.69 Å². The zero-order valence-electron chi connectivity index (χ0n) is 13.8. The molecule has 0 aromatic heterocycles. The number of nitro groups is 1. The zero-order chi connectivity index (χ0) is 17.4. The Kier molecular flexibility index (Phi) is 3.99. The average molecular weight is 336 g/mol. The van der Waals surface area contributed by atoms with Crippen molar-refractivity contribution in [1.29, 1.82) is 0 Å². The number of nitrogens with zero attached hydrogens (tertiary/aromatic N) is 1. The third-order valence-corrected chi connectivity index (χ3v) is 5.77. The molecule has 2 unspecified atom stereocenters. The monoisotopic (exact) mass is 336 g/mol. The number of carbonyl (C=O) groups excluding carboxylic acids is 1. The van der Waals surface area contributed by atoms with Crippen LogP contribution in [0.3, 0.4) is 0 Å². The Bertz CT molecular complexity index is 794. The van der Waals surface area contributed by atoms with Gasteiger partial charge in [-0.15, -0.1) is 0 Å². The van der Waals surface area contributed by atoms with Crippen LogP contribution < -0.4 is 5.32 Å². The van der Waals surface area contributed by atoms with Gasteiger partial charge in [-0.05, 0) is 42.2 Å². The van der Waals surface area contributed by atoms with Gasteiger partial charge in [-0.3, -0.25) is 14.9 Å². The minimum absolute atomic E-state index is 0.0428. The number of rotatable bonds is 4. The molecule has 0 radical (unpaired) electrons.